The van der Waals surface area contributed by atoms with E-state index >= 15 is 0 Å². The van der Waals surface area contributed by atoms with E-state index in [4.69, 9.17) is 0 Å². The molecule has 0 aliphatic heterocycles. The maximum Gasteiger partial charge on any atom is 0.290 e. The molecule has 0 atom stereocenters. The number of aromatic nitrogens is 4. The molecular formula is C6H5BrN4O. The van der Waals surface area contributed by atoms with Crippen molar-refractivity contribution in [1.82, 2.24) is 19.8 Å². The van der Waals surface area contributed by atoms with E-state index in [1.807, 2.05) is 6.92 Å². The standard InChI is InChI=1S/C6H5BrN4O/c1-3-2-8-11-4(3)5(12)9-10-6(11)7/h2H,1H3,(H,9,12). The van der Waals surface area contributed by atoms with Crippen molar-refractivity contribution in [3.05, 3.63) is 26.8 Å². The average molecular weight is 229 g/mol. The summed E-state index contributed by atoms with van der Waals surface area (Å²) in [5.41, 5.74) is 1.13. The van der Waals surface area contributed by atoms with Crippen molar-refractivity contribution < 1.29 is 0 Å². The van der Waals surface area contributed by atoms with Crippen LogP contribution in [0, 0.1) is 6.92 Å². The molecule has 0 unspecified atom stereocenters. The first-order valence-corrected chi connectivity index (χ1v) is 4.08. The van der Waals surface area contributed by atoms with Gasteiger partial charge in [-0.3, -0.25) is 4.79 Å². The number of hydrogen-bond donors (Lipinski definition) is 1. The van der Waals surface area contributed by atoms with Crippen molar-refractivity contribution in [2.75, 3.05) is 0 Å². The van der Waals surface area contributed by atoms with Gasteiger partial charge >= 0.3 is 0 Å². The molecule has 0 aliphatic rings. The number of nitrogens with one attached hydrogen (secondary N) is 1. The van der Waals surface area contributed by atoms with Crippen molar-refractivity contribution in [2.45, 2.75) is 6.92 Å². The number of nitrogens with zero attached hydrogens (tertiary/aromatic N) is 3. The Balaban J connectivity index is 3.09. The second-order valence-corrected chi connectivity index (χ2v) is 3.12. The number of aryl methyl sites for hydroxylation is 1. The molecule has 0 saturated carbocycles. The van der Waals surface area contributed by atoms with E-state index in [1.165, 1.54) is 4.52 Å². The van der Waals surface area contributed by atoms with Crippen molar-refractivity contribution in [2.24, 2.45) is 0 Å². The predicted octanol–water partition coefficient (Wildman–Crippen LogP) is 0.489. The van der Waals surface area contributed by atoms with Crippen LogP contribution in [0.15, 0.2) is 15.7 Å². The topological polar surface area (TPSA) is 63.1 Å². The van der Waals surface area contributed by atoms with E-state index in [0.717, 1.165) is 5.56 Å². The summed E-state index contributed by atoms with van der Waals surface area (Å²) in [6, 6.07) is 0. The zero-order valence-electron chi connectivity index (χ0n) is 6.21. The molecule has 0 aliphatic carbocycles. The molecule has 0 saturated heterocycles. The lowest BCUT2D eigenvalue weighted by Gasteiger charge is -1.93. The van der Waals surface area contributed by atoms with Crippen LogP contribution in [-0.4, -0.2) is 19.8 Å². The van der Waals surface area contributed by atoms with Crippen molar-refractivity contribution in [1.29, 1.82) is 0 Å². The van der Waals surface area contributed by atoms with Gasteiger partial charge in [0.05, 0.1) is 6.20 Å². The highest BCUT2D eigenvalue weighted by atomic mass is 79.9. The van der Waals surface area contributed by atoms with Gasteiger partial charge in [-0.25, -0.2) is 9.61 Å². The third-order valence-electron chi connectivity index (χ3n) is 1.59. The normalized spacial score (nSPS) is 10.8. The van der Waals surface area contributed by atoms with Gasteiger partial charge in [-0.15, -0.1) is 5.10 Å². The quantitative estimate of drug-likeness (QED) is 0.714. The van der Waals surface area contributed by atoms with Crippen molar-refractivity contribution >= 4 is 21.4 Å². The summed E-state index contributed by atoms with van der Waals surface area (Å²) >= 11 is 3.16. The molecule has 0 amide bonds. The minimum absolute atomic E-state index is 0.229. The van der Waals surface area contributed by atoms with Gasteiger partial charge in [0.2, 0.25) is 4.73 Å². The summed E-state index contributed by atoms with van der Waals surface area (Å²) in [5, 5.41) is 10.0. The molecule has 5 nitrogen and oxygen atoms in total. The minimum Gasteiger partial charge on any atom is -0.266 e. The second-order valence-electron chi connectivity index (χ2n) is 2.41. The number of rotatable bonds is 0. The SMILES string of the molecule is Cc1cnn2c(Br)n[nH]c(=O)c12. The van der Waals surface area contributed by atoms with E-state index in [1.54, 1.807) is 6.20 Å². The third kappa shape index (κ3) is 0.878. The van der Waals surface area contributed by atoms with Gasteiger partial charge in [0.1, 0.15) is 5.52 Å². The summed E-state index contributed by atoms with van der Waals surface area (Å²) in [5.74, 6) is 0. The molecule has 2 aromatic heterocycles. The molecule has 0 spiro atoms. The molecule has 2 heterocycles. The first kappa shape index (κ1) is 7.48. The average Bonchev–Trinajstić information content (AvgIpc) is 2.42. The smallest absolute Gasteiger partial charge is 0.266 e. The Hall–Kier alpha value is -1.17. The number of aromatic amines is 1. The summed E-state index contributed by atoms with van der Waals surface area (Å²) in [6.07, 6.45) is 1.62. The lowest BCUT2D eigenvalue weighted by Crippen LogP contribution is -2.13. The molecule has 0 fully saturated rings. The number of fused-ring (bicyclic) bond motifs is 1. The first-order chi connectivity index (χ1) is 5.70. The second kappa shape index (κ2) is 2.41. The van der Waals surface area contributed by atoms with E-state index in [9.17, 15) is 4.79 Å². The van der Waals surface area contributed by atoms with Crippen molar-refractivity contribution in [3.63, 3.8) is 0 Å². The summed E-state index contributed by atoms with van der Waals surface area (Å²) < 4.78 is 1.94. The van der Waals surface area contributed by atoms with Crippen LogP contribution in [0.4, 0.5) is 0 Å². The number of H-pyrrole nitrogens is 1. The molecule has 2 rings (SSSR count). The summed E-state index contributed by atoms with van der Waals surface area (Å²) in [4.78, 5) is 11.2. The van der Waals surface area contributed by atoms with Gasteiger partial charge in [-0.2, -0.15) is 5.10 Å². The fraction of sp³-hybridized carbons (Fsp3) is 0.167. The molecule has 12 heavy (non-hydrogen) atoms. The van der Waals surface area contributed by atoms with E-state index in [-0.39, 0.29) is 5.56 Å². The Morgan fingerprint density at radius 3 is 3.08 bits per heavy atom. The van der Waals surface area contributed by atoms with Gasteiger partial charge in [0.15, 0.2) is 0 Å². The van der Waals surface area contributed by atoms with Crippen LogP contribution in [-0.2, 0) is 0 Å². The summed E-state index contributed by atoms with van der Waals surface area (Å²) in [7, 11) is 0. The molecule has 0 bridgehead atoms. The molecule has 6 heteroatoms. The summed E-state index contributed by atoms with van der Waals surface area (Å²) in [6.45, 7) is 1.82. The maximum atomic E-state index is 11.2. The Morgan fingerprint density at radius 2 is 2.42 bits per heavy atom. The highest BCUT2D eigenvalue weighted by molar-refractivity contribution is 9.10. The van der Waals surface area contributed by atoms with Crippen LogP contribution >= 0.6 is 15.9 Å². The van der Waals surface area contributed by atoms with Crippen LogP contribution in [0.5, 0.6) is 0 Å². The monoisotopic (exact) mass is 228 g/mol. The Bertz CT molecular complexity index is 486. The zero-order valence-corrected chi connectivity index (χ0v) is 7.79. The van der Waals surface area contributed by atoms with Gasteiger partial charge in [-0.05, 0) is 22.9 Å². The molecule has 62 valence electrons. The molecule has 0 aromatic carbocycles. The molecule has 2 aromatic rings. The highest BCUT2D eigenvalue weighted by Gasteiger charge is 2.06. The Labute approximate surface area is 75.5 Å². The number of hydrogen-bond acceptors (Lipinski definition) is 3. The van der Waals surface area contributed by atoms with Crippen molar-refractivity contribution in [3.8, 4) is 0 Å². The Morgan fingerprint density at radius 1 is 1.67 bits per heavy atom. The molecule has 0 radical (unpaired) electrons. The largest absolute Gasteiger partial charge is 0.290 e. The predicted molar refractivity (Wildman–Crippen MR) is 46.0 cm³/mol. The highest BCUT2D eigenvalue weighted by Crippen LogP contribution is 2.08. The van der Waals surface area contributed by atoms with Crippen LogP contribution < -0.4 is 5.56 Å². The fourth-order valence-corrected chi connectivity index (χ4v) is 1.40. The van der Waals surface area contributed by atoms with Crippen LogP contribution in [0.1, 0.15) is 5.56 Å². The molecule has 1 N–H and O–H groups in total. The lowest BCUT2D eigenvalue weighted by molar-refractivity contribution is 0.813. The minimum atomic E-state index is -0.229. The van der Waals surface area contributed by atoms with Gasteiger partial charge in [0.25, 0.3) is 5.56 Å². The van der Waals surface area contributed by atoms with Gasteiger partial charge in [0, 0.05) is 5.56 Å². The maximum absolute atomic E-state index is 11.2. The molecular weight excluding hydrogens is 224 g/mol. The van der Waals surface area contributed by atoms with Gasteiger partial charge < -0.3 is 0 Å². The van der Waals surface area contributed by atoms with E-state index in [2.05, 4.69) is 31.2 Å². The lowest BCUT2D eigenvalue weighted by atomic mass is 10.3. The van der Waals surface area contributed by atoms with Crippen LogP contribution in [0.25, 0.3) is 5.52 Å². The fourth-order valence-electron chi connectivity index (χ4n) is 1.04. The first-order valence-electron chi connectivity index (χ1n) is 3.28. The van der Waals surface area contributed by atoms with E-state index in [0.29, 0.717) is 10.3 Å². The third-order valence-corrected chi connectivity index (χ3v) is 2.10. The Kier molecular flexibility index (Phi) is 1.50. The van der Waals surface area contributed by atoms with Gasteiger partial charge in [-0.1, -0.05) is 0 Å². The number of halogens is 1. The van der Waals surface area contributed by atoms with E-state index < -0.39 is 0 Å². The zero-order chi connectivity index (χ0) is 8.72. The van der Waals surface area contributed by atoms with Crippen LogP contribution in [0.3, 0.4) is 0 Å². The van der Waals surface area contributed by atoms with Crippen LogP contribution in [0.2, 0.25) is 0 Å².